The minimum atomic E-state index is -0.447. The van der Waals surface area contributed by atoms with E-state index in [9.17, 15) is 9.59 Å². The first-order chi connectivity index (χ1) is 9.24. The third-order valence-electron chi connectivity index (χ3n) is 3.03. The number of hydrogen-bond donors (Lipinski definition) is 1. The van der Waals surface area contributed by atoms with Gasteiger partial charge in [0.05, 0.1) is 0 Å². The van der Waals surface area contributed by atoms with Crippen molar-refractivity contribution in [1.82, 2.24) is 10.2 Å². The summed E-state index contributed by atoms with van der Waals surface area (Å²) < 4.78 is 4.84. The Kier molecular flexibility index (Phi) is 7.48. The molecule has 106 valence electrons. The van der Waals surface area contributed by atoms with Gasteiger partial charge in [0.1, 0.15) is 6.61 Å². The second kappa shape index (κ2) is 9.26. The van der Waals surface area contributed by atoms with Crippen LogP contribution in [-0.2, 0) is 9.53 Å². The van der Waals surface area contributed by atoms with Crippen LogP contribution in [0.3, 0.4) is 0 Å². The third kappa shape index (κ3) is 6.70. The molecular formula is C14H22N2O3. The fourth-order valence-corrected chi connectivity index (χ4v) is 1.99. The topological polar surface area (TPSA) is 58.6 Å². The van der Waals surface area contributed by atoms with E-state index >= 15 is 0 Å². The van der Waals surface area contributed by atoms with Gasteiger partial charge < -0.3 is 15.0 Å². The van der Waals surface area contributed by atoms with Gasteiger partial charge in [-0.3, -0.25) is 4.79 Å². The Hall–Kier alpha value is -1.70. The minimum Gasteiger partial charge on any atom is -0.449 e. The first kappa shape index (κ1) is 15.4. The van der Waals surface area contributed by atoms with Crippen LogP contribution in [-0.4, -0.2) is 43.1 Å². The van der Waals surface area contributed by atoms with Gasteiger partial charge in [0.15, 0.2) is 0 Å². The maximum atomic E-state index is 11.7. The van der Waals surface area contributed by atoms with Crippen LogP contribution in [0.15, 0.2) is 0 Å². The van der Waals surface area contributed by atoms with Crippen molar-refractivity contribution in [2.45, 2.75) is 38.5 Å². The Morgan fingerprint density at radius 2 is 2.26 bits per heavy atom. The largest absolute Gasteiger partial charge is 0.449 e. The molecule has 0 atom stereocenters. The number of alkyl carbamates (subject to hydrolysis) is 1. The molecule has 1 rings (SSSR count). The predicted octanol–water partition coefficient (Wildman–Crippen LogP) is 1.53. The van der Waals surface area contributed by atoms with Crippen LogP contribution >= 0.6 is 0 Å². The van der Waals surface area contributed by atoms with Gasteiger partial charge in [-0.05, 0) is 19.3 Å². The second-order valence-electron chi connectivity index (χ2n) is 4.56. The Bertz CT molecular complexity index is 336. The van der Waals surface area contributed by atoms with Gasteiger partial charge >= 0.3 is 6.09 Å². The highest BCUT2D eigenvalue weighted by Crippen LogP contribution is 2.11. The number of rotatable bonds is 6. The molecule has 2 amide bonds. The molecule has 0 bridgehead atoms. The number of hydrogen-bond acceptors (Lipinski definition) is 3. The summed E-state index contributed by atoms with van der Waals surface area (Å²) in [6.45, 7) is 2.29. The lowest BCUT2D eigenvalue weighted by atomic mass is 10.2. The minimum absolute atomic E-state index is 0.231. The number of ether oxygens (including phenoxy) is 1. The zero-order valence-corrected chi connectivity index (χ0v) is 11.3. The molecule has 1 aliphatic rings. The number of nitrogens with one attached hydrogen (secondary N) is 1. The van der Waals surface area contributed by atoms with Crippen LogP contribution in [0.5, 0.6) is 0 Å². The molecule has 1 N–H and O–H groups in total. The highest BCUT2D eigenvalue weighted by molar-refractivity contribution is 5.76. The van der Waals surface area contributed by atoms with E-state index in [1.54, 1.807) is 0 Å². The number of nitrogens with zero attached hydrogens (tertiary/aromatic N) is 1. The van der Waals surface area contributed by atoms with Gasteiger partial charge in [-0.15, -0.1) is 12.3 Å². The van der Waals surface area contributed by atoms with E-state index in [1.165, 1.54) is 0 Å². The van der Waals surface area contributed by atoms with E-state index < -0.39 is 6.09 Å². The standard InChI is InChI=1S/C14H22N2O3/c1-2-3-12-19-14(18)15-9-7-11-16-10-6-4-5-8-13(16)17/h1H,3-12H2,(H,15,18). The SMILES string of the molecule is C#CCCOC(=O)NCCCN1CCCCCC1=O. The molecule has 0 unspecified atom stereocenters. The van der Waals surface area contributed by atoms with Crippen LogP contribution in [0.4, 0.5) is 4.79 Å². The summed E-state index contributed by atoms with van der Waals surface area (Å²) in [6.07, 6.45) is 9.62. The van der Waals surface area contributed by atoms with Crippen molar-refractivity contribution in [3.8, 4) is 12.3 Å². The highest BCUT2D eigenvalue weighted by atomic mass is 16.5. The van der Waals surface area contributed by atoms with Crippen LogP contribution in [0.1, 0.15) is 38.5 Å². The molecule has 5 heteroatoms. The third-order valence-corrected chi connectivity index (χ3v) is 3.03. The normalized spacial score (nSPS) is 15.5. The molecule has 1 aliphatic heterocycles. The van der Waals surface area contributed by atoms with Gasteiger partial charge in [0, 0.05) is 32.5 Å². The quantitative estimate of drug-likeness (QED) is 0.586. The van der Waals surface area contributed by atoms with Gasteiger partial charge in [0.2, 0.25) is 5.91 Å². The van der Waals surface area contributed by atoms with Crippen molar-refractivity contribution >= 4 is 12.0 Å². The lowest BCUT2D eigenvalue weighted by Gasteiger charge is -2.20. The summed E-state index contributed by atoms with van der Waals surface area (Å²) in [5.41, 5.74) is 0. The summed E-state index contributed by atoms with van der Waals surface area (Å²) in [5.74, 6) is 2.63. The molecule has 0 aliphatic carbocycles. The molecule has 19 heavy (non-hydrogen) atoms. The molecule has 1 saturated heterocycles. The van der Waals surface area contributed by atoms with Crippen molar-refractivity contribution in [3.63, 3.8) is 0 Å². The summed E-state index contributed by atoms with van der Waals surface area (Å²) in [4.78, 5) is 24.8. The van der Waals surface area contributed by atoms with Crippen molar-refractivity contribution in [1.29, 1.82) is 0 Å². The molecule has 1 heterocycles. The summed E-state index contributed by atoms with van der Waals surface area (Å²) >= 11 is 0. The molecule has 0 aromatic carbocycles. The van der Waals surface area contributed by atoms with E-state index in [2.05, 4.69) is 11.2 Å². The fraction of sp³-hybridized carbons (Fsp3) is 0.714. The van der Waals surface area contributed by atoms with Crippen LogP contribution in [0.25, 0.3) is 0 Å². The molecule has 1 fully saturated rings. The average Bonchev–Trinajstić information content (AvgIpc) is 2.60. The Morgan fingerprint density at radius 3 is 3.05 bits per heavy atom. The zero-order chi connectivity index (χ0) is 13.9. The van der Waals surface area contributed by atoms with Gasteiger partial charge in [-0.2, -0.15) is 0 Å². The molecule has 5 nitrogen and oxygen atoms in total. The maximum absolute atomic E-state index is 11.7. The van der Waals surface area contributed by atoms with E-state index in [4.69, 9.17) is 11.2 Å². The summed E-state index contributed by atoms with van der Waals surface area (Å²) in [5, 5.41) is 2.64. The number of carbonyl (C=O) groups excluding carboxylic acids is 2. The number of likely N-dealkylation sites (tertiary alicyclic amines) is 1. The average molecular weight is 266 g/mol. The van der Waals surface area contributed by atoms with Crippen LogP contribution < -0.4 is 5.32 Å². The second-order valence-corrected chi connectivity index (χ2v) is 4.56. The molecule has 0 aromatic heterocycles. The van der Waals surface area contributed by atoms with Crippen molar-refractivity contribution in [2.75, 3.05) is 26.2 Å². The Balaban J connectivity index is 2.07. The van der Waals surface area contributed by atoms with Gasteiger partial charge in [0.25, 0.3) is 0 Å². The predicted molar refractivity (Wildman–Crippen MR) is 72.5 cm³/mol. The fourth-order valence-electron chi connectivity index (χ4n) is 1.99. The lowest BCUT2D eigenvalue weighted by molar-refractivity contribution is -0.130. The van der Waals surface area contributed by atoms with Crippen molar-refractivity contribution in [3.05, 3.63) is 0 Å². The molecule has 0 aromatic rings. The highest BCUT2D eigenvalue weighted by Gasteiger charge is 2.15. The van der Waals surface area contributed by atoms with E-state index in [0.717, 1.165) is 32.2 Å². The Labute approximate surface area is 114 Å². The van der Waals surface area contributed by atoms with Crippen LogP contribution in [0.2, 0.25) is 0 Å². The smallest absolute Gasteiger partial charge is 0.407 e. The lowest BCUT2D eigenvalue weighted by Crippen LogP contribution is -2.34. The van der Waals surface area contributed by atoms with Crippen molar-refractivity contribution < 1.29 is 14.3 Å². The van der Waals surface area contributed by atoms with E-state index in [1.807, 2.05) is 4.90 Å². The van der Waals surface area contributed by atoms with E-state index in [-0.39, 0.29) is 12.5 Å². The summed E-state index contributed by atoms with van der Waals surface area (Å²) in [6, 6.07) is 0. The number of terminal acetylenes is 1. The van der Waals surface area contributed by atoms with Gasteiger partial charge in [-0.25, -0.2) is 4.79 Å². The van der Waals surface area contributed by atoms with Gasteiger partial charge in [-0.1, -0.05) is 6.42 Å². The zero-order valence-electron chi connectivity index (χ0n) is 11.3. The number of amides is 2. The summed E-state index contributed by atoms with van der Waals surface area (Å²) in [7, 11) is 0. The first-order valence-electron chi connectivity index (χ1n) is 6.86. The molecule has 0 saturated carbocycles. The number of carbonyl (C=O) groups is 2. The maximum Gasteiger partial charge on any atom is 0.407 e. The Morgan fingerprint density at radius 1 is 1.42 bits per heavy atom. The van der Waals surface area contributed by atoms with E-state index in [0.29, 0.717) is 25.9 Å². The van der Waals surface area contributed by atoms with Crippen molar-refractivity contribution in [2.24, 2.45) is 0 Å². The molecule has 0 radical (unpaired) electrons. The molecule has 0 spiro atoms. The monoisotopic (exact) mass is 266 g/mol. The van der Waals surface area contributed by atoms with Crippen LogP contribution in [0, 0.1) is 12.3 Å². The first-order valence-corrected chi connectivity index (χ1v) is 6.86. The molecular weight excluding hydrogens is 244 g/mol.